The van der Waals surface area contributed by atoms with Gasteiger partial charge < -0.3 is 19.4 Å². The number of piperazine rings is 1. The summed E-state index contributed by atoms with van der Waals surface area (Å²) in [6.07, 6.45) is 2.25. The molecule has 32 heavy (non-hydrogen) atoms. The first kappa shape index (κ1) is 22.3. The van der Waals surface area contributed by atoms with Gasteiger partial charge in [-0.25, -0.2) is 4.39 Å². The third-order valence-electron chi connectivity index (χ3n) is 6.26. The first-order valence-corrected chi connectivity index (χ1v) is 11.3. The van der Waals surface area contributed by atoms with Crippen molar-refractivity contribution in [2.45, 2.75) is 38.8 Å². The van der Waals surface area contributed by atoms with Gasteiger partial charge in [-0.1, -0.05) is 0 Å². The number of amides is 2. The maximum Gasteiger partial charge on any atom is 0.254 e. The van der Waals surface area contributed by atoms with Crippen LogP contribution in [0.15, 0.2) is 48.5 Å². The van der Waals surface area contributed by atoms with Crippen LogP contribution in [0.3, 0.4) is 0 Å². The van der Waals surface area contributed by atoms with Crippen molar-refractivity contribution < 1.29 is 18.7 Å². The highest BCUT2D eigenvalue weighted by Crippen LogP contribution is 2.25. The molecule has 0 N–H and O–H groups in total. The monoisotopic (exact) mass is 439 g/mol. The van der Waals surface area contributed by atoms with Crippen molar-refractivity contribution >= 4 is 17.5 Å². The molecule has 0 atom stereocenters. The maximum absolute atomic E-state index is 13.1. The second kappa shape index (κ2) is 9.69. The third-order valence-corrected chi connectivity index (χ3v) is 6.26. The molecule has 0 aromatic heterocycles. The van der Waals surface area contributed by atoms with Crippen LogP contribution in [0.25, 0.3) is 0 Å². The van der Waals surface area contributed by atoms with Gasteiger partial charge in [-0.05, 0) is 75.2 Å². The fourth-order valence-electron chi connectivity index (χ4n) is 4.30. The van der Waals surface area contributed by atoms with Crippen LogP contribution in [0.5, 0.6) is 5.75 Å². The van der Waals surface area contributed by atoms with E-state index in [1.807, 2.05) is 24.3 Å². The van der Waals surface area contributed by atoms with Crippen LogP contribution in [0.1, 0.15) is 37.0 Å². The molecule has 6 nitrogen and oxygen atoms in total. The van der Waals surface area contributed by atoms with Gasteiger partial charge in [-0.15, -0.1) is 0 Å². The first-order valence-electron chi connectivity index (χ1n) is 11.3. The zero-order valence-corrected chi connectivity index (χ0v) is 18.7. The summed E-state index contributed by atoms with van der Waals surface area (Å²) in [5.74, 6) is 0.0249. The van der Waals surface area contributed by atoms with E-state index < -0.39 is 5.82 Å². The van der Waals surface area contributed by atoms with E-state index in [0.29, 0.717) is 24.7 Å². The molecule has 2 fully saturated rings. The number of ether oxygens (including phenoxy) is 1. The molecule has 4 rings (SSSR count). The van der Waals surface area contributed by atoms with Gasteiger partial charge in [-0.3, -0.25) is 9.59 Å². The Kier molecular flexibility index (Phi) is 6.74. The molecule has 170 valence electrons. The van der Waals surface area contributed by atoms with Crippen molar-refractivity contribution in [3.63, 3.8) is 0 Å². The number of hydrogen-bond acceptors (Lipinski definition) is 4. The molecule has 2 aliphatic rings. The normalized spacial score (nSPS) is 18.3. The molecule has 0 bridgehead atoms. The van der Waals surface area contributed by atoms with Crippen LogP contribution in [0, 0.1) is 5.82 Å². The van der Waals surface area contributed by atoms with E-state index in [1.165, 1.54) is 29.2 Å². The molecule has 0 unspecified atom stereocenters. The lowest BCUT2D eigenvalue weighted by Crippen LogP contribution is -2.52. The summed E-state index contributed by atoms with van der Waals surface area (Å²) in [6, 6.07) is 13.6. The molecule has 2 saturated heterocycles. The standard InChI is InChI=1S/C25H30FN3O3/c1-18(2)27-13-11-23(12-14-27)32-22-9-7-21(8-10-22)29-16-15-28(17-24(29)30)25(31)19-3-5-20(26)6-4-19/h3-10,18,23H,11-17H2,1-2H3. The Morgan fingerprint density at radius 2 is 1.62 bits per heavy atom. The molecular weight excluding hydrogens is 409 g/mol. The highest BCUT2D eigenvalue weighted by Gasteiger charge is 2.29. The van der Waals surface area contributed by atoms with Crippen molar-refractivity contribution in [1.29, 1.82) is 0 Å². The van der Waals surface area contributed by atoms with Gasteiger partial charge in [-0.2, -0.15) is 0 Å². The molecule has 2 aromatic rings. The number of carbonyl (C=O) groups is 2. The quantitative estimate of drug-likeness (QED) is 0.715. The molecule has 2 heterocycles. The molecule has 7 heteroatoms. The van der Waals surface area contributed by atoms with Crippen LogP contribution in [-0.2, 0) is 4.79 Å². The fourth-order valence-corrected chi connectivity index (χ4v) is 4.30. The largest absolute Gasteiger partial charge is 0.490 e. The Bertz CT molecular complexity index is 938. The minimum Gasteiger partial charge on any atom is -0.490 e. The highest BCUT2D eigenvalue weighted by molar-refractivity contribution is 6.01. The Hall–Kier alpha value is -2.93. The number of nitrogens with zero attached hydrogens (tertiary/aromatic N) is 3. The Morgan fingerprint density at radius 3 is 2.22 bits per heavy atom. The van der Waals surface area contributed by atoms with E-state index in [4.69, 9.17) is 4.74 Å². The second-order valence-electron chi connectivity index (χ2n) is 8.72. The predicted octanol–water partition coefficient (Wildman–Crippen LogP) is 3.57. The van der Waals surface area contributed by atoms with Crippen LogP contribution in [-0.4, -0.2) is 66.5 Å². The van der Waals surface area contributed by atoms with E-state index in [1.54, 1.807) is 4.90 Å². The van der Waals surface area contributed by atoms with Gasteiger partial charge in [0.15, 0.2) is 0 Å². The summed E-state index contributed by atoms with van der Waals surface area (Å²) in [7, 11) is 0. The van der Waals surface area contributed by atoms with Crippen molar-refractivity contribution in [2.75, 3.05) is 37.6 Å². The summed E-state index contributed by atoms with van der Waals surface area (Å²) in [6.45, 7) is 7.39. The number of rotatable bonds is 5. The van der Waals surface area contributed by atoms with E-state index in [-0.39, 0.29) is 24.5 Å². The summed E-state index contributed by atoms with van der Waals surface area (Å²) in [5, 5.41) is 0. The Balaban J connectivity index is 1.31. The van der Waals surface area contributed by atoms with Gasteiger partial charge in [0.2, 0.25) is 5.91 Å². The summed E-state index contributed by atoms with van der Waals surface area (Å²) >= 11 is 0. The zero-order valence-electron chi connectivity index (χ0n) is 18.7. The zero-order chi connectivity index (χ0) is 22.7. The van der Waals surface area contributed by atoms with Crippen LogP contribution in [0.2, 0.25) is 0 Å². The van der Waals surface area contributed by atoms with E-state index >= 15 is 0 Å². The minimum absolute atomic E-state index is 0.00286. The maximum atomic E-state index is 13.1. The summed E-state index contributed by atoms with van der Waals surface area (Å²) < 4.78 is 19.2. The number of likely N-dealkylation sites (tertiary alicyclic amines) is 1. The van der Waals surface area contributed by atoms with Crippen LogP contribution in [0.4, 0.5) is 10.1 Å². The van der Waals surface area contributed by atoms with Gasteiger partial charge >= 0.3 is 0 Å². The number of anilines is 1. The number of benzene rings is 2. The lowest BCUT2D eigenvalue weighted by molar-refractivity contribution is -0.120. The molecule has 0 spiro atoms. The molecule has 0 aliphatic carbocycles. The molecular formula is C25H30FN3O3. The average molecular weight is 440 g/mol. The van der Waals surface area contributed by atoms with Crippen LogP contribution < -0.4 is 9.64 Å². The van der Waals surface area contributed by atoms with Crippen molar-refractivity contribution in [1.82, 2.24) is 9.80 Å². The topological polar surface area (TPSA) is 53.1 Å². The summed E-state index contributed by atoms with van der Waals surface area (Å²) in [5.41, 5.74) is 1.18. The van der Waals surface area contributed by atoms with Gasteiger partial charge in [0, 0.05) is 43.5 Å². The number of halogens is 1. The Labute approximate surface area is 188 Å². The number of piperidine rings is 1. The van der Waals surface area contributed by atoms with E-state index in [2.05, 4.69) is 18.7 Å². The van der Waals surface area contributed by atoms with Crippen molar-refractivity contribution in [3.8, 4) is 5.75 Å². The fraction of sp³-hybridized carbons (Fsp3) is 0.440. The first-order chi connectivity index (χ1) is 15.4. The molecule has 0 saturated carbocycles. The van der Waals surface area contributed by atoms with E-state index in [9.17, 15) is 14.0 Å². The van der Waals surface area contributed by atoms with Gasteiger partial charge in [0.05, 0.1) is 0 Å². The molecule has 2 aliphatic heterocycles. The second-order valence-corrected chi connectivity index (χ2v) is 8.72. The van der Waals surface area contributed by atoms with Crippen molar-refractivity contribution in [2.24, 2.45) is 0 Å². The molecule has 2 amide bonds. The van der Waals surface area contributed by atoms with Crippen molar-refractivity contribution in [3.05, 3.63) is 59.9 Å². The predicted molar refractivity (Wildman–Crippen MR) is 121 cm³/mol. The Morgan fingerprint density at radius 1 is 0.969 bits per heavy atom. The molecule has 2 aromatic carbocycles. The minimum atomic E-state index is -0.393. The molecule has 0 radical (unpaired) electrons. The lowest BCUT2D eigenvalue weighted by Gasteiger charge is -2.35. The summed E-state index contributed by atoms with van der Waals surface area (Å²) in [4.78, 5) is 31.0. The lowest BCUT2D eigenvalue weighted by atomic mass is 10.1. The van der Waals surface area contributed by atoms with E-state index in [0.717, 1.165) is 37.4 Å². The highest BCUT2D eigenvalue weighted by atomic mass is 19.1. The van der Waals surface area contributed by atoms with Crippen LogP contribution >= 0.6 is 0 Å². The average Bonchev–Trinajstić information content (AvgIpc) is 2.80. The SMILES string of the molecule is CC(C)N1CCC(Oc2ccc(N3CCN(C(=O)c4ccc(F)cc4)CC3=O)cc2)CC1. The number of hydrogen-bond donors (Lipinski definition) is 0. The smallest absolute Gasteiger partial charge is 0.254 e. The van der Waals surface area contributed by atoms with Gasteiger partial charge in [0.1, 0.15) is 24.2 Å². The number of carbonyl (C=O) groups excluding carboxylic acids is 2. The third kappa shape index (κ3) is 5.10. The van der Waals surface area contributed by atoms with Gasteiger partial charge in [0.25, 0.3) is 5.91 Å².